The molecule has 3 heterocycles. The molecular formula is C66H87Br2N3O21. The maximum atomic E-state index is 12.2. The molecule has 24 nitrogen and oxygen atoms in total. The van der Waals surface area contributed by atoms with Gasteiger partial charge in [-0.25, -0.2) is 33.6 Å². The van der Waals surface area contributed by atoms with E-state index in [1.54, 1.807) is 76.3 Å². The number of phenolic OH excluding ortho intramolecular Hbond substituents is 1. The average Bonchev–Trinajstić information content (AvgIpc) is 1.09. The van der Waals surface area contributed by atoms with E-state index in [0.29, 0.717) is 65.2 Å². The first-order chi connectivity index (χ1) is 42.5. The van der Waals surface area contributed by atoms with Crippen LogP contribution >= 0.6 is 31.9 Å². The fourth-order valence-corrected chi connectivity index (χ4v) is 8.07. The van der Waals surface area contributed by atoms with Gasteiger partial charge in [0.1, 0.15) is 50.2 Å². The van der Waals surface area contributed by atoms with Crippen LogP contribution in [-0.2, 0) is 63.6 Å². The number of carbonyl (C=O) groups is 9. The quantitative estimate of drug-likeness (QED) is 0.0253. The molecule has 0 saturated carbocycles. The third kappa shape index (κ3) is 27.6. The molecule has 0 bridgehead atoms. The molecule has 92 heavy (non-hydrogen) atoms. The number of fused-ring (bicyclic) bond motifs is 3. The summed E-state index contributed by atoms with van der Waals surface area (Å²) in [7, 11) is 7.57. The van der Waals surface area contributed by atoms with Crippen LogP contribution in [0.5, 0.6) is 23.0 Å². The fourth-order valence-electron chi connectivity index (χ4n) is 7.71. The van der Waals surface area contributed by atoms with Crippen molar-refractivity contribution in [3.8, 4) is 23.0 Å². The van der Waals surface area contributed by atoms with Crippen LogP contribution in [0.4, 0.5) is 17.1 Å². The van der Waals surface area contributed by atoms with Crippen LogP contribution in [0.1, 0.15) is 143 Å². The minimum absolute atomic E-state index is 0.0727. The zero-order valence-corrected chi connectivity index (χ0v) is 58.6. The molecule has 4 atom stereocenters. The molecule has 0 aliphatic carbocycles. The highest BCUT2D eigenvalue weighted by atomic mass is 79.9. The number of nitrogens with zero attached hydrogens (tertiary/aromatic N) is 2. The lowest BCUT2D eigenvalue weighted by Gasteiger charge is -2.34. The Kier molecular flexibility index (Phi) is 30.7. The Hall–Kier alpha value is -8.39. The molecule has 4 aromatic carbocycles. The lowest BCUT2D eigenvalue weighted by molar-refractivity contribution is -0.164. The van der Waals surface area contributed by atoms with Gasteiger partial charge in [-0.3, -0.25) is 9.59 Å². The number of esters is 7. The summed E-state index contributed by atoms with van der Waals surface area (Å²) >= 11 is 6.35. The van der Waals surface area contributed by atoms with Crippen LogP contribution in [-0.4, -0.2) is 163 Å². The van der Waals surface area contributed by atoms with Gasteiger partial charge >= 0.3 is 47.8 Å². The van der Waals surface area contributed by atoms with Crippen LogP contribution < -0.4 is 29.7 Å². The summed E-state index contributed by atoms with van der Waals surface area (Å²) in [5.41, 5.74) is 7.81. The normalized spacial score (nSPS) is 15.5. The number of aliphatic carboxylic acids is 1. The Morgan fingerprint density at radius 1 is 0.598 bits per heavy atom. The van der Waals surface area contributed by atoms with Gasteiger partial charge in [-0.1, -0.05) is 44.5 Å². The summed E-state index contributed by atoms with van der Waals surface area (Å²) in [6.07, 6.45) is 0.176. The molecule has 506 valence electrons. The third-order valence-electron chi connectivity index (χ3n) is 11.9. The van der Waals surface area contributed by atoms with Crippen LogP contribution in [0.25, 0.3) is 0 Å². The number of phenols is 1. The second kappa shape index (κ2) is 35.4. The van der Waals surface area contributed by atoms with Crippen LogP contribution in [0.2, 0.25) is 0 Å². The minimum atomic E-state index is -1.00. The van der Waals surface area contributed by atoms with Crippen LogP contribution in [0.15, 0.2) is 85.5 Å². The number of nitrogen functional groups attached to an aromatic ring is 1. The number of aryl methyl sites for hydroxylation is 1. The number of hydrogen-bond donors (Lipinski definition) is 3. The van der Waals surface area contributed by atoms with Gasteiger partial charge in [-0.2, -0.15) is 0 Å². The van der Waals surface area contributed by atoms with Crippen LogP contribution in [0.3, 0.4) is 0 Å². The molecule has 4 aromatic rings. The summed E-state index contributed by atoms with van der Waals surface area (Å²) in [5.74, 6) is -2.52. The van der Waals surface area contributed by atoms with Crippen molar-refractivity contribution in [2.75, 3.05) is 69.4 Å². The number of anilines is 3. The number of likely N-dealkylation sites (N-methyl/N-ethyl adjacent to an activating group) is 2. The lowest BCUT2D eigenvalue weighted by atomic mass is 10.0. The summed E-state index contributed by atoms with van der Waals surface area (Å²) in [4.78, 5) is 105. The second-order valence-electron chi connectivity index (χ2n) is 24.4. The van der Waals surface area contributed by atoms with Crippen molar-refractivity contribution in [1.82, 2.24) is 0 Å². The molecule has 7 rings (SSSR count). The van der Waals surface area contributed by atoms with E-state index < -0.39 is 70.6 Å². The number of methoxy groups -OCH3 is 3. The first-order valence-electron chi connectivity index (χ1n) is 28.6. The zero-order valence-electron chi connectivity index (χ0n) is 55.4. The van der Waals surface area contributed by atoms with Crippen molar-refractivity contribution < 1.29 is 101 Å². The summed E-state index contributed by atoms with van der Waals surface area (Å²) in [5, 5.41) is 18.6. The van der Waals surface area contributed by atoms with E-state index in [2.05, 4.69) is 47.9 Å². The van der Waals surface area contributed by atoms with E-state index in [1.165, 1.54) is 46.5 Å². The summed E-state index contributed by atoms with van der Waals surface area (Å²) in [6.45, 7) is 27.3. The Labute approximate surface area is 554 Å². The van der Waals surface area contributed by atoms with Crippen LogP contribution in [0, 0.1) is 0 Å². The number of halogens is 2. The van der Waals surface area contributed by atoms with Gasteiger partial charge in [0.2, 0.25) is 12.2 Å². The monoisotopic (exact) mass is 1420 g/mol. The van der Waals surface area contributed by atoms with E-state index in [0.717, 1.165) is 23.0 Å². The van der Waals surface area contributed by atoms with Crippen molar-refractivity contribution in [3.63, 3.8) is 0 Å². The molecule has 3 aliphatic rings. The molecule has 4 unspecified atom stereocenters. The number of carboxylic acid groups (broad SMARTS) is 1. The number of rotatable bonds is 10. The van der Waals surface area contributed by atoms with Gasteiger partial charge in [0.25, 0.3) is 0 Å². The number of Topliss-reactive ketones (excluding diaryl/α,β-unsaturated/α-hetero) is 1. The predicted octanol–water partition coefficient (Wildman–Crippen LogP) is 10.5. The highest BCUT2D eigenvalue weighted by Gasteiger charge is 2.35. The van der Waals surface area contributed by atoms with Crippen molar-refractivity contribution in [2.45, 2.75) is 148 Å². The molecule has 0 fully saturated rings. The number of carboxylic acids is 1. The van der Waals surface area contributed by atoms with Gasteiger partial charge in [-0.15, -0.1) is 0 Å². The number of carbonyl (C=O) groups excluding carboxylic acids is 8. The summed E-state index contributed by atoms with van der Waals surface area (Å²) < 4.78 is 51.2. The lowest BCUT2D eigenvalue weighted by Crippen LogP contribution is -2.45. The van der Waals surface area contributed by atoms with Gasteiger partial charge in [0.05, 0.1) is 68.2 Å². The molecular weight excluding hydrogens is 1330 g/mol. The Morgan fingerprint density at radius 2 is 0.989 bits per heavy atom. The smallest absolute Gasteiger partial charge is 0.349 e. The number of benzene rings is 4. The molecule has 0 saturated heterocycles. The highest BCUT2D eigenvalue weighted by molar-refractivity contribution is 9.12. The molecule has 26 heteroatoms. The molecule has 0 spiro atoms. The number of nitrogens with two attached hydrogens (primary N) is 1. The van der Waals surface area contributed by atoms with Crippen molar-refractivity contribution in [2.24, 2.45) is 0 Å². The third-order valence-corrected chi connectivity index (χ3v) is 14.1. The molecule has 0 aromatic heterocycles. The van der Waals surface area contributed by atoms with Crippen molar-refractivity contribution in [1.29, 1.82) is 0 Å². The SMILES string of the molecule is C=CC(=O)OC(C)(C)C.CC(=O)c1ccc2c(c1)OC(C(=O)O)CN2C.CC(C)(C)OC(=O)C(Br)CBr.COC(=O)c1ccc(N)c(O)c1.COC(=O)c1ccc2c(c1)OC(C(=O)OC(C)(C)C)CC2.COC(=O)c1ccc2c(c1)OC(C(=O)OC(C)(C)C)CN2C. The fraction of sp³-hybridized carbons (Fsp3) is 0.470. The topological polar surface area (TPSA) is 319 Å². The van der Waals surface area contributed by atoms with Gasteiger partial charge < -0.3 is 73.1 Å². The number of ketones is 1. The molecule has 3 aliphatic heterocycles. The van der Waals surface area contributed by atoms with Gasteiger partial charge in [-0.05, 0) is 175 Å². The largest absolute Gasteiger partial charge is 0.506 e. The zero-order chi connectivity index (χ0) is 70.4. The Morgan fingerprint density at radius 3 is 1.40 bits per heavy atom. The minimum Gasteiger partial charge on any atom is -0.506 e. The first-order valence-corrected chi connectivity index (χ1v) is 30.6. The van der Waals surface area contributed by atoms with Crippen molar-refractivity contribution >= 4 is 102 Å². The van der Waals surface area contributed by atoms with E-state index in [4.69, 9.17) is 53.8 Å². The van der Waals surface area contributed by atoms with E-state index >= 15 is 0 Å². The number of hydrogen-bond acceptors (Lipinski definition) is 23. The Balaban J connectivity index is 0.000000387. The second-order valence-corrected chi connectivity index (χ2v) is 26.2. The average molecular weight is 1420 g/mol. The standard InChI is InChI=1S/C16H21NO5.C16H20O5.C12H13NO4.C8H9NO3.C7H12Br2O2.C7H12O2/c1-16(2,3)22-15(19)13-9-17(4)11-7-6-10(14(18)20-5)8-12(11)21-13;1-16(2,3)21-15(18)12-8-7-10-5-6-11(14(17)19-4)9-13(10)20-12;1-7(14)8-3-4-9-10(5-8)17-11(12(15)16)6-13(9)2;1-12-8(11)5-2-3-6(9)7(10)4-5;1-7(2,3)11-6(10)5(9)4-8;1-5-6(8)9-7(2,3)4/h6-8,13H,9H2,1-5H3;5-6,9,12H,7-8H2,1-4H3;3-5,11H,6H2,1-2H3,(H,15,16);2-4,10H,9H2,1H3;5H,4H2,1-3H3;5H,1H2,2-4H3. The number of aromatic hydroxyl groups is 1. The number of ether oxygens (including phenoxy) is 10. The van der Waals surface area contributed by atoms with E-state index in [-0.39, 0.29) is 45.5 Å². The maximum Gasteiger partial charge on any atom is 0.349 e. The van der Waals surface area contributed by atoms with Gasteiger partial charge in [0, 0.05) is 31.1 Å². The summed E-state index contributed by atoms with van der Waals surface area (Å²) in [6, 6.07) is 19.4. The van der Waals surface area contributed by atoms with E-state index in [9.17, 15) is 43.2 Å². The van der Waals surface area contributed by atoms with E-state index in [1.807, 2.05) is 85.2 Å². The predicted molar refractivity (Wildman–Crippen MR) is 352 cm³/mol. The van der Waals surface area contributed by atoms with Gasteiger partial charge in [0.15, 0.2) is 11.9 Å². The Bertz CT molecular complexity index is 3250. The van der Waals surface area contributed by atoms with Crippen molar-refractivity contribution in [3.05, 3.63) is 113 Å². The number of alkyl halides is 2. The molecule has 0 radical (unpaired) electrons. The molecule has 4 N–H and O–H groups in total. The highest BCUT2D eigenvalue weighted by Crippen LogP contribution is 2.36. The first kappa shape index (κ1) is 79.7. The molecule has 0 amide bonds. The maximum absolute atomic E-state index is 12.2.